The molecule has 0 saturated carbocycles. The summed E-state index contributed by atoms with van der Waals surface area (Å²) in [4.78, 5) is 2.22. The van der Waals surface area contributed by atoms with Crippen molar-refractivity contribution in [3.8, 4) is 0 Å². The third kappa shape index (κ3) is 2.25. The van der Waals surface area contributed by atoms with E-state index >= 15 is 0 Å². The first-order valence-corrected chi connectivity index (χ1v) is 6.00. The summed E-state index contributed by atoms with van der Waals surface area (Å²) in [5.74, 6) is 0. The van der Waals surface area contributed by atoms with Crippen molar-refractivity contribution in [1.82, 2.24) is 0 Å². The van der Waals surface area contributed by atoms with Crippen molar-refractivity contribution in [2.75, 3.05) is 30.3 Å². The van der Waals surface area contributed by atoms with Gasteiger partial charge in [-0.2, -0.15) is 0 Å². The molecule has 0 spiro atoms. The van der Waals surface area contributed by atoms with Gasteiger partial charge in [-0.25, -0.2) is 0 Å². The SMILES string of the molecule is CCC1CN(c2c(N)cccc2Cl)CCO1. The van der Waals surface area contributed by atoms with Crippen LogP contribution in [0.25, 0.3) is 0 Å². The van der Waals surface area contributed by atoms with Gasteiger partial charge in [-0.15, -0.1) is 0 Å². The van der Waals surface area contributed by atoms with Crippen LogP contribution in [0.5, 0.6) is 0 Å². The predicted molar refractivity (Wildman–Crippen MR) is 68.1 cm³/mol. The lowest BCUT2D eigenvalue weighted by Gasteiger charge is -2.35. The Hall–Kier alpha value is -0.930. The molecule has 1 aliphatic rings. The quantitative estimate of drug-likeness (QED) is 0.808. The molecule has 1 unspecified atom stereocenters. The number of nitrogen functional groups attached to an aromatic ring is 1. The van der Waals surface area contributed by atoms with Crippen LogP contribution in [0.2, 0.25) is 5.02 Å². The summed E-state index contributed by atoms with van der Waals surface area (Å²) in [5.41, 5.74) is 7.66. The molecular weight excluding hydrogens is 224 g/mol. The fourth-order valence-electron chi connectivity index (χ4n) is 2.04. The van der Waals surface area contributed by atoms with Crippen molar-refractivity contribution in [2.45, 2.75) is 19.4 Å². The number of nitrogens with zero attached hydrogens (tertiary/aromatic N) is 1. The first kappa shape index (κ1) is 11.6. The fraction of sp³-hybridized carbons (Fsp3) is 0.500. The van der Waals surface area contributed by atoms with Crippen LogP contribution in [0.4, 0.5) is 11.4 Å². The van der Waals surface area contributed by atoms with Crippen molar-refractivity contribution in [3.63, 3.8) is 0 Å². The van der Waals surface area contributed by atoms with E-state index in [-0.39, 0.29) is 6.10 Å². The van der Waals surface area contributed by atoms with Crippen molar-refractivity contribution < 1.29 is 4.74 Å². The summed E-state index contributed by atoms with van der Waals surface area (Å²) in [7, 11) is 0. The second kappa shape index (κ2) is 4.93. The number of ether oxygens (including phenoxy) is 1. The van der Waals surface area contributed by atoms with Crippen molar-refractivity contribution in [3.05, 3.63) is 23.2 Å². The van der Waals surface area contributed by atoms with Crippen LogP contribution < -0.4 is 10.6 Å². The van der Waals surface area contributed by atoms with Crippen LogP contribution in [0.3, 0.4) is 0 Å². The van der Waals surface area contributed by atoms with Crippen LogP contribution in [-0.4, -0.2) is 25.8 Å². The van der Waals surface area contributed by atoms with Crippen LogP contribution in [0, 0.1) is 0 Å². The average molecular weight is 241 g/mol. The monoisotopic (exact) mass is 240 g/mol. The second-order valence-electron chi connectivity index (χ2n) is 4.02. The number of benzene rings is 1. The van der Waals surface area contributed by atoms with E-state index in [2.05, 4.69) is 11.8 Å². The van der Waals surface area contributed by atoms with E-state index in [1.807, 2.05) is 18.2 Å². The Bertz CT molecular complexity index is 350. The van der Waals surface area contributed by atoms with Crippen LogP contribution in [-0.2, 0) is 4.74 Å². The summed E-state index contributed by atoms with van der Waals surface area (Å²) in [6, 6.07) is 5.64. The molecule has 2 N–H and O–H groups in total. The molecule has 1 heterocycles. The fourth-order valence-corrected chi connectivity index (χ4v) is 2.34. The lowest BCUT2D eigenvalue weighted by molar-refractivity contribution is 0.0385. The minimum atomic E-state index is 0.282. The van der Waals surface area contributed by atoms with Gasteiger partial charge in [0.2, 0.25) is 0 Å². The van der Waals surface area contributed by atoms with Crippen molar-refractivity contribution >= 4 is 23.0 Å². The van der Waals surface area contributed by atoms with Gasteiger partial charge in [0.15, 0.2) is 0 Å². The molecular formula is C12H17ClN2O. The number of hydrogen-bond donors (Lipinski definition) is 1. The predicted octanol–water partition coefficient (Wildman–Crippen LogP) is 2.54. The number of rotatable bonds is 2. The Kier molecular flexibility index (Phi) is 3.56. The molecule has 0 aliphatic carbocycles. The molecule has 88 valence electrons. The van der Waals surface area contributed by atoms with Gasteiger partial charge in [-0.05, 0) is 18.6 Å². The summed E-state index contributed by atoms with van der Waals surface area (Å²) >= 11 is 6.19. The first-order chi connectivity index (χ1) is 7.72. The molecule has 0 aromatic heterocycles. The number of para-hydroxylation sites is 1. The number of hydrogen-bond acceptors (Lipinski definition) is 3. The molecule has 1 saturated heterocycles. The average Bonchev–Trinajstić information content (AvgIpc) is 2.29. The Labute approximate surface area is 101 Å². The second-order valence-corrected chi connectivity index (χ2v) is 4.43. The van der Waals surface area contributed by atoms with Crippen LogP contribution in [0.15, 0.2) is 18.2 Å². The molecule has 1 atom stereocenters. The maximum atomic E-state index is 6.19. The molecule has 1 aliphatic heterocycles. The molecule has 3 nitrogen and oxygen atoms in total. The van der Waals surface area contributed by atoms with Gasteiger partial charge in [0.1, 0.15) is 0 Å². The highest BCUT2D eigenvalue weighted by molar-refractivity contribution is 6.34. The van der Waals surface area contributed by atoms with E-state index in [9.17, 15) is 0 Å². The largest absolute Gasteiger partial charge is 0.397 e. The standard InChI is InChI=1S/C12H17ClN2O/c1-2-9-8-15(6-7-16-9)12-10(13)4-3-5-11(12)14/h3-5,9H,2,6-8,14H2,1H3. The van der Waals surface area contributed by atoms with E-state index in [0.717, 1.165) is 42.5 Å². The third-order valence-electron chi connectivity index (χ3n) is 2.93. The van der Waals surface area contributed by atoms with Gasteiger partial charge in [0, 0.05) is 13.1 Å². The summed E-state index contributed by atoms with van der Waals surface area (Å²) in [6.45, 7) is 4.59. The highest BCUT2D eigenvalue weighted by atomic mass is 35.5. The molecule has 0 amide bonds. The molecule has 0 bridgehead atoms. The zero-order valence-electron chi connectivity index (χ0n) is 9.45. The minimum Gasteiger partial charge on any atom is -0.397 e. The highest BCUT2D eigenvalue weighted by Crippen LogP contribution is 2.33. The summed E-state index contributed by atoms with van der Waals surface area (Å²) in [6.07, 6.45) is 1.30. The van der Waals surface area contributed by atoms with Crippen molar-refractivity contribution in [1.29, 1.82) is 0 Å². The van der Waals surface area contributed by atoms with Gasteiger partial charge in [0.05, 0.1) is 29.1 Å². The van der Waals surface area contributed by atoms with E-state index in [0.29, 0.717) is 0 Å². The number of anilines is 2. The van der Waals surface area contributed by atoms with Gasteiger partial charge in [-0.1, -0.05) is 24.6 Å². The zero-order chi connectivity index (χ0) is 11.5. The van der Waals surface area contributed by atoms with Gasteiger partial charge in [-0.3, -0.25) is 0 Å². The van der Waals surface area contributed by atoms with E-state index in [1.165, 1.54) is 0 Å². The minimum absolute atomic E-state index is 0.282. The Morgan fingerprint density at radius 2 is 2.38 bits per heavy atom. The molecule has 2 rings (SSSR count). The van der Waals surface area contributed by atoms with Crippen LogP contribution in [0.1, 0.15) is 13.3 Å². The van der Waals surface area contributed by atoms with Gasteiger partial charge >= 0.3 is 0 Å². The maximum Gasteiger partial charge on any atom is 0.0790 e. The Morgan fingerprint density at radius 3 is 3.06 bits per heavy atom. The van der Waals surface area contributed by atoms with Gasteiger partial charge in [0.25, 0.3) is 0 Å². The van der Waals surface area contributed by atoms with E-state index in [1.54, 1.807) is 0 Å². The lowest BCUT2D eigenvalue weighted by atomic mass is 10.2. The molecule has 1 aromatic carbocycles. The molecule has 4 heteroatoms. The smallest absolute Gasteiger partial charge is 0.0790 e. The molecule has 0 radical (unpaired) electrons. The molecule has 16 heavy (non-hydrogen) atoms. The number of nitrogens with two attached hydrogens (primary N) is 1. The summed E-state index contributed by atoms with van der Waals surface area (Å²) in [5, 5.41) is 0.719. The van der Waals surface area contributed by atoms with E-state index < -0.39 is 0 Å². The molecule has 1 aromatic rings. The third-order valence-corrected chi connectivity index (χ3v) is 3.23. The highest BCUT2D eigenvalue weighted by Gasteiger charge is 2.22. The zero-order valence-corrected chi connectivity index (χ0v) is 10.2. The van der Waals surface area contributed by atoms with Crippen LogP contribution >= 0.6 is 11.6 Å². The van der Waals surface area contributed by atoms with Crippen molar-refractivity contribution in [2.24, 2.45) is 0 Å². The van der Waals surface area contributed by atoms with E-state index in [4.69, 9.17) is 22.1 Å². The number of halogens is 1. The van der Waals surface area contributed by atoms with Gasteiger partial charge < -0.3 is 15.4 Å². The summed E-state index contributed by atoms with van der Waals surface area (Å²) < 4.78 is 5.63. The Morgan fingerprint density at radius 1 is 1.56 bits per heavy atom. The Balaban J connectivity index is 2.23. The maximum absolute atomic E-state index is 6.19. The first-order valence-electron chi connectivity index (χ1n) is 5.63. The number of morpholine rings is 1. The normalized spacial score (nSPS) is 21.1. The lowest BCUT2D eigenvalue weighted by Crippen LogP contribution is -2.42. The molecule has 1 fully saturated rings. The topological polar surface area (TPSA) is 38.5 Å².